The summed E-state index contributed by atoms with van der Waals surface area (Å²) in [5.74, 6) is 0. The molecule has 10 rings (SSSR count). The molecular formula is C43H27N. The smallest absolute Gasteiger partial charge is 0.0746 e. The molecule has 7 aromatic carbocycles. The summed E-state index contributed by atoms with van der Waals surface area (Å²) >= 11 is 0. The molecule has 0 unspecified atom stereocenters. The van der Waals surface area contributed by atoms with Gasteiger partial charge in [0.15, 0.2) is 0 Å². The molecule has 1 heterocycles. The van der Waals surface area contributed by atoms with Crippen LogP contribution in [-0.4, -0.2) is 4.57 Å². The van der Waals surface area contributed by atoms with Gasteiger partial charge in [-0.25, -0.2) is 0 Å². The second kappa shape index (κ2) is 8.69. The van der Waals surface area contributed by atoms with E-state index in [1.54, 1.807) is 0 Å². The number of fused-ring (bicyclic) bond motifs is 14. The van der Waals surface area contributed by atoms with Gasteiger partial charge in [0.25, 0.3) is 0 Å². The lowest BCUT2D eigenvalue weighted by Gasteiger charge is -2.31. The van der Waals surface area contributed by atoms with E-state index in [0.717, 1.165) is 0 Å². The molecule has 0 radical (unpaired) electrons. The minimum atomic E-state index is -0.415. The van der Waals surface area contributed by atoms with Crippen LogP contribution < -0.4 is 0 Å². The summed E-state index contributed by atoms with van der Waals surface area (Å²) in [4.78, 5) is 0. The van der Waals surface area contributed by atoms with Crippen LogP contribution in [0.1, 0.15) is 22.3 Å². The van der Waals surface area contributed by atoms with Crippen LogP contribution in [-0.2, 0) is 5.41 Å². The van der Waals surface area contributed by atoms with Crippen molar-refractivity contribution in [1.82, 2.24) is 4.57 Å². The van der Waals surface area contributed by atoms with Crippen LogP contribution in [0.4, 0.5) is 0 Å². The third kappa shape index (κ3) is 2.89. The van der Waals surface area contributed by atoms with Crippen molar-refractivity contribution in [3.8, 4) is 39.1 Å². The Balaban J connectivity index is 1.43. The van der Waals surface area contributed by atoms with Crippen LogP contribution >= 0.6 is 0 Å². The Labute approximate surface area is 256 Å². The highest BCUT2D eigenvalue weighted by Crippen LogP contribution is 2.64. The van der Waals surface area contributed by atoms with E-state index in [4.69, 9.17) is 0 Å². The molecule has 0 bridgehead atoms. The summed E-state index contributed by atoms with van der Waals surface area (Å²) in [7, 11) is 0. The van der Waals surface area contributed by atoms with Gasteiger partial charge in [-0.15, -0.1) is 0 Å². The summed E-state index contributed by atoms with van der Waals surface area (Å²) in [6.07, 6.45) is 0. The summed E-state index contributed by atoms with van der Waals surface area (Å²) in [5, 5.41) is 2.56. The van der Waals surface area contributed by atoms with Crippen molar-refractivity contribution in [2.24, 2.45) is 0 Å². The van der Waals surface area contributed by atoms with Gasteiger partial charge in [0.2, 0.25) is 0 Å². The predicted octanol–water partition coefficient (Wildman–Crippen LogP) is 10.8. The first-order valence-corrected chi connectivity index (χ1v) is 15.4. The van der Waals surface area contributed by atoms with Gasteiger partial charge in [-0.2, -0.15) is 0 Å². The lowest BCUT2D eigenvalue weighted by Crippen LogP contribution is -2.26. The average molecular weight is 558 g/mol. The average Bonchev–Trinajstić information content (AvgIpc) is 3.70. The fourth-order valence-electron chi connectivity index (χ4n) is 8.34. The van der Waals surface area contributed by atoms with Crippen LogP contribution in [0.5, 0.6) is 0 Å². The van der Waals surface area contributed by atoms with Gasteiger partial charge in [-0.05, 0) is 74.3 Å². The quantitative estimate of drug-likeness (QED) is 0.199. The molecule has 0 N–H and O–H groups in total. The van der Waals surface area contributed by atoms with E-state index >= 15 is 0 Å². The van der Waals surface area contributed by atoms with Crippen molar-refractivity contribution in [3.63, 3.8) is 0 Å². The number of rotatable bonds is 2. The van der Waals surface area contributed by atoms with E-state index < -0.39 is 5.41 Å². The lowest BCUT2D eigenvalue weighted by molar-refractivity contribution is 0.797. The zero-order valence-electron chi connectivity index (χ0n) is 24.0. The lowest BCUT2D eigenvalue weighted by atomic mass is 9.70. The van der Waals surface area contributed by atoms with Crippen molar-refractivity contribution in [1.29, 1.82) is 0 Å². The van der Waals surface area contributed by atoms with Crippen LogP contribution in [0.15, 0.2) is 164 Å². The Morgan fingerprint density at radius 1 is 0.386 bits per heavy atom. The van der Waals surface area contributed by atoms with Crippen LogP contribution in [0, 0.1) is 0 Å². The number of nitrogens with zero attached hydrogens (tertiary/aromatic N) is 1. The van der Waals surface area contributed by atoms with E-state index in [1.807, 2.05) is 0 Å². The van der Waals surface area contributed by atoms with Crippen LogP contribution in [0.3, 0.4) is 0 Å². The molecule has 1 aromatic heterocycles. The summed E-state index contributed by atoms with van der Waals surface area (Å²) < 4.78 is 2.52. The van der Waals surface area contributed by atoms with Crippen molar-refractivity contribution in [2.45, 2.75) is 5.41 Å². The van der Waals surface area contributed by atoms with Crippen molar-refractivity contribution in [2.75, 3.05) is 0 Å². The Morgan fingerprint density at radius 2 is 0.932 bits per heavy atom. The maximum Gasteiger partial charge on any atom is 0.0746 e. The minimum absolute atomic E-state index is 0.415. The van der Waals surface area contributed by atoms with Crippen molar-refractivity contribution < 1.29 is 0 Å². The Morgan fingerprint density at radius 3 is 1.57 bits per heavy atom. The summed E-state index contributed by atoms with van der Waals surface area (Å²) in [5.41, 5.74) is 16.6. The number of hydrogen-bond donors (Lipinski definition) is 0. The van der Waals surface area contributed by atoms with Gasteiger partial charge in [0.1, 0.15) is 0 Å². The van der Waals surface area contributed by atoms with E-state index in [0.29, 0.717) is 0 Å². The molecule has 0 saturated heterocycles. The fourth-order valence-corrected chi connectivity index (χ4v) is 8.34. The highest BCUT2D eigenvalue weighted by Gasteiger charge is 2.53. The molecular weight excluding hydrogens is 530 g/mol. The van der Waals surface area contributed by atoms with Gasteiger partial charge in [-0.1, -0.05) is 140 Å². The Kier molecular flexibility index (Phi) is 4.71. The highest BCUT2D eigenvalue weighted by atomic mass is 15.0. The van der Waals surface area contributed by atoms with E-state index in [9.17, 15) is 0 Å². The molecule has 1 nitrogen and oxygen atoms in total. The predicted molar refractivity (Wildman–Crippen MR) is 183 cm³/mol. The topological polar surface area (TPSA) is 4.93 Å². The normalized spacial score (nSPS) is 13.6. The van der Waals surface area contributed by atoms with Crippen molar-refractivity contribution >= 4 is 21.8 Å². The standard InChI is InChI=1S/C43H27N/c1-3-13-28(14-4-1)29-23-26-40-36(27-29)35-25-24-34-33-19-9-12-22-39(33)43(41(34)42(35)44(40)30-15-5-2-6-16-30)37-20-10-7-17-31(37)32-18-8-11-21-38(32)43/h1-27H. The fraction of sp³-hybridized carbons (Fsp3) is 0.0233. The third-order valence-corrected chi connectivity index (χ3v) is 10.00. The largest absolute Gasteiger partial charge is 0.309 e. The van der Waals surface area contributed by atoms with Gasteiger partial charge in [0.05, 0.1) is 16.4 Å². The number of para-hydroxylation sites is 1. The second-order valence-corrected chi connectivity index (χ2v) is 12.0. The molecule has 0 saturated carbocycles. The Bertz CT molecular complexity index is 2370. The first-order chi connectivity index (χ1) is 21.9. The minimum Gasteiger partial charge on any atom is -0.309 e. The molecule has 0 atom stereocenters. The molecule has 1 heteroatoms. The molecule has 0 aliphatic heterocycles. The molecule has 8 aromatic rings. The van der Waals surface area contributed by atoms with Crippen LogP contribution in [0.25, 0.3) is 60.9 Å². The molecule has 2 aliphatic carbocycles. The number of hydrogen-bond acceptors (Lipinski definition) is 0. The molecule has 1 spiro atoms. The van der Waals surface area contributed by atoms with E-state index in [-0.39, 0.29) is 0 Å². The first kappa shape index (κ1) is 23.9. The molecule has 2 aliphatic rings. The monoisotopic (exact) mass is 557 g/mol. The maximum absolute atomic E-state index is 2.52. The highest BCUT2D eigenvalue weighted by molar-refractivity contribution is 6.15. The maximum atomic E-state index is 2.52. The SMILES string of the molecule is c1ccc(-c2ccc3c(c2)c2ccc4c(c2n3-c2ccccc2)C2(c3ccccc3-c3ccccc32)c2ccccc2-4)cc1. The first-order valence-electron chi connectivity index (χ1n) is 15.4. The molecule has 0 fully saturated rings. The molecule has 204 valence electrons. The Hall–Kier alpha value is -5.66. The summed E-state index contributed by atoms with van der Waals surface area (Å²) in [6, 6.07) is 60.6. The van der Waals surface area contributed by atoms with Gasteiger partial charge in [-0.3, -0.25) is 0 Å². The van der Waals surface area contributed by atoms with Gasteiger partial charge in [0, 0.05) is 22.0 Å². The molecule has 0 amide bonds. The third-order valence-electron chi connectivity index (χ3n) is 10.00. The zero-order chi connectivity index (χ0) is 28.8. The van der Waals surface area contributed by atoms with Gasteiger partial charge >= 0.3 is 0 Å². The van der Waals surface area contributed by atoms with E-state index in [2.05, 4.69) is 168 Å². The number of aromatic nitrogens is 1. The zero-order valence-corrected chi connectivity index (χ0v) is 24.0. The van der Waals surface area contributed by atoms with Crippen molar-refractivity contribution in [3.05, 3.63) is 186 Å². The van der Waals surface area contributed by atoms with E-state index in [1.165, 1.54) is 83.1 Å². The number of benzene rings is 7. The van der Waals surface area contributed by atoms with Gasteiger partial charge < -0.3 is 4.57 Å². The molecule has 44 heavy (non-hydrogen) atoms. The summed E-state index contributed by atoms with van der Waals surface area (Å²) in [6.45, 7) is 0. The van der Waals surface area contributed by atoms with Crippen LogP contribution in [0.2, 0.25) is 0 Å². The second-order valence-electron chi connectivity index (χ2n) is 12.0.